The lowest BCUT2D eigenvalue weighted by Gasteiger charge is -2.35. The molecule has 19 heavy (non-hydrogen) atoms. The van der Waals surface area contributed by atoms with E-state index in [2.05, 4.69) is 14.9 Å². The molecule has 0 bridgehead atoms. The minimum Gasteiger partial charge on any atom is -0.353 e. The fraction of sp³-hybridized carbons (Fsp3) is 0.643. The van der Waals surface area contributed by atoms with Crippen LogP contribution in [0, 0.1) is 19.8 Å². The van der Waals surface area contributed by atoms with Crippen LogP contribution in [-0.2, 0) is 4.79 Å². The maximum Gasteiger partial charge on any atom is 0.225 e. The quantitative estimate of drug-likeness (QED) is 0.800. The van der Waals surface area contributed by atoms with Gasteiger partial charge in [-0.3, -0.25) is 4.79 Å². The van der Waals surface area contributed by atoms with Crippen molar-refractivity contribution in [2.24, 2.45) is 5.92 Å². The minimum absolute atomic E-state index is 0.329. The second-order valence-corrected chi connectivity index (χ2v) is 5.50. The van der Waals surface area contributed by atoms with Gasteiger partial charge >= 0.3 is 0 Å². The maximum atomic E-state index is 12.0. The predicted molar refractivity (Wildman–Crippen MR) is 73.0 cm³/mol. The molecule has 2 aliphatic rings. The number of aryl methyl sites for hydroxylation is 2. The van der Waals surface area contributed by atoms with Gasteiger partial charge in [-0.05, 0) is 26.7 Å². The highest BCUT2D eigenvalue weighted by Gasteiger charge is 2.34. The molecular formula is C14H20N4O. The van der Waals surface area contributed by atoms with Gasteiger partial charge in [-0.25, -0.2) is 9.97 Å². The highest BCUT2D eigenvalue weighted by Crippen LogP contribution is 2.31. The van der Waals surface area contributed by atoms with Crippen molar-refractivity contribution in [1.29, 1.82) is 0 Å². The van der Waals surface area contributed by atoms with Crippen LogP contribution in [0.25, 0.3) is 0 Å². The monoisotopic (exact) mass is 260 g/mol. The molecule has 1 aliphatic carbocycles. The Morgan fingerprint density at radius 1 is 1.16 bits per heavy atom. The SMILES string of the molecule is Cc1cc(N2CCN(C(=O)C3CC3)CC2)nc(C)n1. The van der Waals surface area contributed by atoms with E-state index < -0.39 is 0 Å². The number of anilines is 1. The van der Waals surface area contributed by atoms with Gasteiger partial charge in [0.1, 0.15) is 11.6 Å². The van der Waals surface area contributed by atoms with Gasteiger partial charge in [-0.1, -0.05) is 0 Å². The van der Waals surface area contributed by atoms with Crippen molar-refractivity contribution in [2.45, 2.75) is 26.7 Å². The van der Waals surface area contributed by atoms with Crippen LogP contribution in [0.5, 0.6) is 0 Å². The zero-order chi connectivity index (χ0) is 13.4. The third-order valence-corrected chi connectivity index (χ3v) is 3.79. The summed E-state index contributed by atoms with van der Waals surface area (Å²) in [5, 5.41) is 0. The van der Waals surface area contributed by atoms with Crippen molar-refractivity contribution in [3.8, 4) is 0 Å². The molecule has 1 saturated carbocycles. The fourth-order valence-electron chi connectivity index (χ4n) is 2.60. The molecule has 1 aliphatic heterocycles. The van der Waals surface area contributed by atoms with Gasteiger partial charge in [0.05, 0.1) is 0 Å². The molecule has 0 spiro atoms. The van der Waals surface area contributed by atoms with E-state index in [1.807, 2.05) is 24.8 Å². The highest BCUT2D eigenvalue weighted by atomic mass is 16.2. The average Bonchev–Trinajstić information content (AvgIpc) is 3.21. The normalized spacial score (nSPS) is 19.7. The Kier molecular flexibility index (Phi) is 3.12. The van der Waals surface area contributed by atoms with Crippen molar-refractivity contribution in [3.63, 3.8) is 0 Å². The first-order chi connectivity index (χ1) is 9.13. The summed E-state index contributed by atoms with van der Waals surface area (Å²) in [6, 6.07) is 2.02. The Morgan fingerprint density at radius 2 is 1.84 bits per heavy atom. The van der Waals surface area contributed by atoms with Gasteiger partial charge in [-0.15, -0.1) is 0 Å². The number of nitrogens with zero attached hydrogens (tertiary/aromatic N) is 4. The van der Waals surface area contributed by atoms with Gasteiger partial charge in [-0.2, -0.15) is 0 Å². The average molecular weight is 260 g/mol. The van der Waals surface area contributed by atoms with Crippen molar-refractivity contribution >= 4 is 11.7 Å². The molecule has 102 valence electrons. The van der Waals surface area contributed by atoms with Crippen LogP contribution in [-0.4, -0.2) is 47.0 Å². The third-order valence-electron chi connectivity index (χ3n) is 3.79. The molecule has 1 saturated heterocycles. The maximum absolute atomic E-state index is 12.0. The van der Waals surface area contributed by atoms with E-state index in [-0.39, 0.29) is 0 Å². The zero-order valence-corrected chi connectivity index (χ0v) is 11.6. The van der Waals surface area contributed by atoms with Crippen molar-refractivity contribution < 1.29 is 4.79 Å². The molecule has 0 unspecified atom stereocenters. The molecular weight excluding hydrogens is 240 g/mol. The molecule has 0 atom stereocenters. The van der Waals surface area contributed by atoms with E-state index in [0.717, 1.165) is 56.4 Å². The van der Waals surface area contributed by atoms with E-state index in [9.17, 15) is 4.79 Å². The molecule has 5 nitrogen and oxygen atoms in total. The van der Waals surface area contributed by atoms with E-state index >= 15 is 0 Å². The Labute approximate surface area is 113 Å². The molecule has 0 radical (unpaired) electrons. The van der Waals surface area contributed by atoms with Crippen LogP contribution in [0.3, 0.4) is 0 Å². The summed E-state index contributed by atoms with van der Waals surface area (Å²) < 4.78 is 0. The van der Waals surface area contributed by atoms with Crippen molar-refractivity contribution in [3.05, 3.63) is 17.6 Å². The molecule has 5 heteroatoms. The van der Waals surface area contributed by atoms with Crippen molar-refractivity contribution in [2.75, 3.05) is 31.1 Å². The summed E-state index contributed by atoms with van der Waals surface area (Å²) in [7, 11) is 0. The standard InChI is InChI=1S/C14H20N4O/c1-10-9-13(16-11(2)15-10)17-5-7-18(8-6-17)14(19)12-3-4-12/h9,12H,3-8H2,1-2H3. The first-order valence-electron chi connectivity index (χ1n) is 6.99. The number of carbonyl (C=O) groups is 1. The van der Waals surface area contributed by atoms with Crippen molar-refractivity contribution in [1.82, 2.24) is 14.9 Å². The summed E-state index contributed by atoms with van der Waals surface area (Å²) in [5.41, 5.74) is 0.999. The number of hydrogen-bond acceptors (Lipinski definition) is 4. The molecule has 0 N–H and O–H groups in total. The Hall–Kier alpha value is -1.65. The molecule has 3 rings (SSSR count). The predicted octanol–water partition coefficient (Wildman–Crippen LogP) is 1.15. The molecule has 1 aromatic rings. The molecule has 1 aromatic heterocycles. The Bertz CT molecular complexity index is 470. The molecule has 2 fully saturated rings. The van der Waals surface area contributed by atoms with Crippen LogP contribution >= 0.6 is 0 Å². The van der Waals surface area contributed by atoms with Crippen LogP contribution in [0.1, 0.15) is 24.4 Å². The van der Waals surface area contributed by atoms with Gasteiger partial charge in [0.25, 0.3) is 0 Å². The Balaban J connectivity index is 1.64. The number of amides is 1. The zero-order valence-electron chi connectivity index (χ0n) is 11.6. The van der Waals surface area contributed by atoms with Gasteiger partial charge in [0, 0.05) is 43.9 Å². The summed E-state index contributed by atoms with van der Waals surface area (Å²) in [5.74, 6) is 2.49. The molecule has 1 amide bonds. The van der Waals surface area contributed by atoms with E-state index in [1.54, 1.807) is 0 Å². The number of rotatable bonds is 2. The molecule has 2 heterocycles. The fourth-order valence-corrected chi connectivity index (χ4v) is 2.60. The second-order valence-electron chi connectivity index (χ2n) is 5.50. The summed E-state index contributed by atoms with van der Waals surface area (Å²) in [4.78, 5) is 25.0. The van der Waals surface area contributed by atoms with E-state index in [1.165, 1.54) is 0 Å². The number of hydrogen-bond donors (Lipinski definition) is 0. The van der Waals surface area contributed by atoms with Gasteiger partial charge in [0.2, 0.25) is 5.91 Å². The van der Waals surface area contributed by atoms with Crippen LogP contribution in [0.2, 0.25) is 0 Å². The number of piperazine rings is 1. The second kappa shape index (κ2) is 4.79. The minimum atomic E-state index is 0.329. The summed E-state index contributed by atoms with van der Waals surface area (Å²) in [6.07, 6.45) is 2.17. The lowest BCUT2D eigenvalue weighted by molar-refractivity contribution is -0.132. The van der Waals surface area contributed by atoms with Crippen LogP contribution in [0.4, 0.5) is 5.82 Å². The lowest BCUT2D eigenvalue weighted by Crippen LogP contribution is -2.49. The smallest absolute Gasteiger partial charge is 0.225 e. The van der Waals surface area contributed by atoms with E-state index in [4.69, 9.17) is 0 Å². The first-order valence-corrected chi connectivity index (χ1v) is 6.99. The van der Waals surface area contributed by atoms with Crippen LogP contribution in [0.15, 0.2) is 6.07 Å². The van der Waals surface area contributed by atoms with E-state index in [0.29, 0.717) is 11.8 Å². The number of carbonyl (C=O) groups excluding carboxylic acids is 1. The third kappa shape index (κ3) is 2.69. The summed E-state index contributed by atoms with van der Waals surface area (Å²) in [6.45, 7) is 7.28. The number of aromatic nitrogens is 2. The largest absolute Gasteiger partial charge is 0.353 e. The summed E-state index contributed by atoms with van der Waals surface area (Å²) >= 11 is 0. The van der Waals surface area contributed by atoms with Gasteiger partial charge in [0.15, 0.2) is 0 Å². The Morgan fingerprint density at radius 3 is 2.42 bits per heavy atom. The lowest BCUT2D eigenvalue weighted by atomic mass is 10.2. The highest BCUT2D eigenvalue weighted by molar-refractivity contribution is 5.81. The van der Waals surface area contributed by atoms with Crippen LogP contribution < -0.4 is 4.90 Å². The topological polar surface area (TPSA) is 49.3 Å². The van der Waals surface area contributed by atoms with Gasteiger partial charge < -0.3 is 9.80 Å². The molecule has 0 aromatic carbocycles. The first kappa shape index (κ1) is 12.4.